The number of nitrogen functional groups attached to an aromatic ring is 1. The van der Waals surface area contributed by atoms with Crippen LogP contribution >= 0.6 is 0 Å². The Morgan fingerprint density at radius 1 is 1.06 bits per heavy atom. The lowest BCUT2D eigenvalue weighted by Crippen LogP contribution is -1.91. The van der Waals surface area contributed by atoms with Crippen molar-refractivity contribution in [3.8, 4) is 11.6 Å². The van der Waals surface area contributed by atoms with Gasteiger partial charge in [-0.3, -0.25) is 0 Å². The van der Waals surface area contributed by atoms with E-state index in [1.54, 1.807) is 6.07 Å². The molecule has 2 rings (SSSR count). The zero-order valence-corrected chi connectivity index (χ0v) is 8.15. The van der Waals surface area contributed by atoms with E-state index in [4.69, 9.17) is 10.5 Å². The first-order valence-electron chi connectivity index (χ1n) is 4.49. The molecule has 1 aromatic heterocycles. The van der Waals surface area contributed by atoms with Gasteiger partial charge in [0.2, 0.25) is 5.88 Å². The summed E-state index contributed by atoms with van der Waals surface area (Å²) < 4.78 is 30.8. The van der Waals surface area contributed by atoms with Crippen LogP contribution in [0.3, 0.4) is 0 Å². The maximum Gasteiger partial charge on any atom is 0.219 e. The molecule has 0 spiro atoms. The van der Waals surface area contributed by atoms with Crippen LogP contribution in [0.5, 0.6) is 11.6 Å². The maximum absolute atomic E-state index is 12.8. The molecule has 3 nitrogen and oxygen atoms in total. The molecule has 0 aliphatic carbocycles. The summed E-state index contributed by atoms with van der Waals surface area (Å²) >= 11 is 0. The number of anilines is 1. The van der Waals surface area contributed by atoms with Gasteiger partial charge in [-0.05, 0) is 6.07 Å². The van der Waals surface area contributed by atoms with Crippen molar-refractivity contribution in [2.45, 2.75) is 0 Å². The molecule has 2 aromatic rings. The van der Waals surface area contributed by atoms with E-state index in [0.717, 1.165) is 18.2 Å². The molecule has 0 saturated carbocycles. The Bertz CT molecular complexity index is 480. The highest BCUT2D eigenvalue weighted by atomic mass is 19.1. The number of hydrogen-bond donors (Lipinski definition) is 1. The number of nitrogens with zero attached hydrogens (tertiary/aromatic N) is 1. The molecule has 0 saturated heterocycles. The van der Waals surface area contributed by atoms with Gasteiger partial charge < -0.3 is 10.5 Å². The molecule has 0 amide bonds. The Labute approximate surface area is 90.5 Å². The zero-order valence-electron chi connectivity index (χ0n) is 8.15. The van der Waals surface area contributed by atoms with Crippen molar-refractivity contribution in [1.29, 1.82) is 0 Å². The number of pyridine rings is 1. The monoisotopic (exact) mass is 222 g/mol. The summed E-state index contributed by atoms with van der Waals surface area (Å²) in [6.07, 6.45) is 1.39. The fourth-order valence-corrected chi connectivity index (χ4v) is 1.16. The Morgan fingerprint density at radius 3 is 2.31 bits per heavy atom. The van der Waals surface area contributed by atoms with E-state index in [1.165, 1.54) is 12.3 Å². The van der Waals surface area contributed by atoms with Crippen molar-refractivity contribution in [3.63, 3.8) is 0 Å². The number of benzene rings is 1. The van der Waals surface area contributed by atoms with Gasteiger partial charge in [0.25, 0.3) is 0 Å². The fraction of sp³-hybridized carbons (Fsp3) is 0. The molecule has 82 valence electrons. The lowest BCUT2D eigenvalue weighted by molar-refractivity contribution is 0.451. The van der Waals surface area contributed by atoms with Gasteiger partial charge in [-0.2, -0.15) is 0 Å². The Balaban J connectivity index is 2.23. The predicted octanol–water partition coefficient (Wildman–Crippen LogP) is 2.73. The number of rotatable bonds is 2. The van der Waals surface area contributed by atoms with Crippen LogP contribution in [0.4, 0.5) is 14.5 Å². The van der Waals surface area contributed by atoms with E-state index >= 15 is 0 Å². The average molecular weight is 222 g/mol. The molecule has 0 unspecified atom stereocenters. The van der Waals surface area contributed by atoms with Crippen molar-refractivity contribution in [2.24, 2.45) is 0 Å². The van der Waals surface area contributed by atoms with Crippen LogP contribution in [-0.2, 0) is 0 Å². The van der Waals surface area contributed by atoms with E-state index in [2.05, 4.69) is 4.98 Å². The molecule has 2 N–H and O–H groups in total. The summed E-state index contributed by atoms with van der Waals surface area (Å²) in [5.41, 5.74) is 5.91. The average Bonchev–Trinajstić information content (AvgIpc) is 2.20. The molecular weight excluding hydrogens is 214 g/mol. The lowest BCUT2D eigenvalue weighted by atomic mass is 10.3. The normalized spacial score (nSPS) is 10.1. The standard InChI is InChI=1S/C11H8F2N2O/c12-7-3-8(13)5-10(4-7)16-11-2-1-9(14)6-15-11/h1-6H,14H2. The summed E-state index contributed by atoms with van der Waals surface area (Å²) in [6, 6.07) is 6.00. The summed E-state index contributed by atoms with van der Waals surface area (Å²) in [6.45, 7) is 0. The highest BCUT2D eigenvalue weighted by Crippen LogP contribution is 2.21. The van der Waals surface area contributed by atoms with Crippen molar-refractivity contribution in [1.82, 2.24) is 4.98 Å². The van der Waals surface area contributed by atoms with Gasteiger partial charge >= 0.3 is 0 Å². The second kappa shape index (κ2) is 4.14. The summed E-state index contributed by atoms with van der Waals surface area (Å²) in [4.78, 5) is 3.84. The Kier molecular flexibility index (Phi) is 2.68. The third-order valence-corrected chi connectivity index (χ3v) is 1.82. The number of hydrogen-bond acceptors (Lipinski definition) is 3. The smallest absolute Gasteiger partial charge is 0.219 e. The highest BCUT2D eigenvalue weighted by Gasteiger charge is 2.03. The van der Waals surface area contributed by atoms with Crippen molar-refractivity contribution >= 4 is 5.69 Å². The summed E-state index contributed by atoms with van der Waals surface area (Å²) in [5.74, 6) is -1.13. The molecule has 0 aliphatic rings. The van der Waals surface area contributed by atoms with Crippen LogP contribution in [0.25, 0.3) is 0 Å². The summed E-state index contributed by atoms with van der Waals surface area (Å²) in [5, 5.41) is 0. The minimum Gasteiger partial charge on any atom is -0.439 e. The van der Waals surface area contributed by atoms with Gasteiger partial charge in [0.15, 0.2) is 0 Å². The number of ether oxygens (including phenoxy) is 1. The van der Waals surface area contributed by atoms with E-state index in [9.17, 15) is 8.78 Å². The fourth-order valence-electron chi connectivity index (χ4n) is 1.16. The van der Waals surface area contributed by atoms with E-state index in [-0.39, 0.29) is 11.6 Å². The molecule has 16 heavy (non-hydrogen) atoms. The zero-order chi connectivity index (χ0) is 11.5. The van der Waals surface area contributed by atoms with Gasteiger partial charge in [-0.25, -0.2) is 13.8 Å². The molecule has 5 heteroatoms. The van der Waals surface area contributed by atoms with Gasteiger partial charge in [0, 0.05) is 24.3 Å². The molecule has 0 atom stereocenters. The minimum absolute atomic E-state index is 0.0507. The van der Waals surface area contributed by atoms with Crippen molar-refractivity contribution in [2.75, 3.05) is 5.73 Å². The predicted molar refractivity (Wildman–Crippen MR) is 55.1 cm³/mol. The first-order chi connectivity index (χ1) is 7.63. The van der Waals surface area contributed by atoms with E-state index < -0.39 is 11.6 Å². The van der Waals surface area contributed by atoms with Gasteiger partial charge in [-0.1, -0.05) is 0 Å². The second-order valence-electron chi connectivity index (χ2n) is 3.14. The molecule has 0 aliphatic heterocycles. The van der Waals surface area contributed by atoms with E-state index in [0.29, 0.717) is 5.69 Å². The second-order valence-corrected chi connectivity index (χ2v) is 3.14. The number of aromatic nitrogens is 1. The number of halogens is 2. The molecular formula is C11H8F2N2O. The van der Waals surface area contributed by atoms with Crippen LogP contribution in [-0.4, -0.2) is 4.98 Å². The Morgan fingerprint density at radius 2 is 1.75 bits per heavy atom. The molecule has 0 radical (unpaired) electrons. The maximum atomic E-state index is 12.8. The van der Waals surface area contributed by atoms with Crippen LogP contribution in [0, 0.1) is 11.6 Å². The van der Waals surface area contributed by atoms with Gasteiger partial charge in [-0.15, -0.1) is 0 Å². The molecule has 0 fully saturated rings. The number of nitrogens with two attached hydrogens (primary N) is 1. The molecule has 0 bridgehead atoms. The topological polar surface area (TPSA) is 48.1 Å². The Hall–Kier alpha value is -2.17. The van der Waals surface area contributed by atoms with Crippen molar-refractivity contribution < 1.29 is 13.5 Å². The first kappa shape index (κ1) is 10.4. The SMILES string of the molecule is Nc1ccc(Oc2cc(F)cc(F)c2)nc1. The first-order valence-corrected chi connectivity index (χ1v) is 4.49. The summed E-state index contributed by atoms with van der Waals surface area (Å²) in [7, 11) is 0. The van der Waals surface area contributed by atoms with Crippen LogP contribution < -0.4 is 10.5 Å². The van der Waals surface area contributed by atoms with Crippen LogP contribution in [0.15, 0.2) is 36.5 Å². The third-order valence-electron chi connectivity index (χ3n) is 1.82. The van der Waals surface area contributed by atoms with Crippen LogP contribution in [0.2, 0.25) is 0 Å². The van der Waals surface area contributed by atoms with Crippen LogP contribution in [0.1, 0.15) is 0 Å². The van der Waals surface area contributed by atoms with Gasteiger partial charge in [0.05, 0.1) is 11.9 Å². The third kappa shape index (κ3) is 2.44. The van der Waals surface area contributed by atoms with E-state index in [1.807, 2.05) is 0 Å². The lowest BCUT2D eigenvalue weighted by Gasteiger charge is -2.04. The largest absolute Gasteiger partial charge is 0.439 e. The van der Waals surface area contributed by atoms with Gasteiger partial charge in [0.1, 0.15) is 17.4 Å². The molecule has 1 heterocycles. The highest BCUT2D eigenvalue weighted by molar-refractivity contribution is 5.37. The minimum atomic E-state index is -0.703. The quantitative estimate of drug-likeness (QED) is 0.849. The van der Waals surface area contributed by atoms with Crippen molar-refractivity contribution in [3.05, 3.63) is 48.2 Å². The molecule has 1 aromatic carbocycles.